The summed E-state index contributed by atoms with van der Waals surface area (Å²) in [5.41, 5.74) is 3.78. The number of anilines is 1. The van der Waals surface area contributed by atoms with Gasteiger partial charge in [-0.15, -0.1) is 11.3 Å². The molecule has 126 valence electrons. The number of methoxy groups -OCH3 is 1. The summed E-state index contributed by atoms with van der Waals surface area (Å²) in [5, 5.41) is 14.7. The second kappa shape index (κ2) is 8.06. The predicted molar refractivity (Wildman–Crippen MR) is 89.0 cm³/mol. The largest absolute Gasteiger partial charge is 0.480 e. The minimum atomic E-state index is -0.119. The molecule has 0 bridgehead atoms. The fraction of sp³-hybridized carbons (Fsp3) is 0.438. The molecule has 1 aliphatic heterocycles. The van der Waals surface area contributed by atoms with Crippen molar-refractivity contribution < 1.29 is 14.2 Å². The minimum absolute atomic E-state index is 0.0385. The lowest BCUT2D eigenvalue weighted by molar-refractivity contribution is -0.0643. The van der Waals surface area contributed by atoms with Gasteiger partial charge in [0.25, 0.3) is 0 Å². The summed E-state index contributed by atoms with van der Waals surface area (Å²) >= 11 is 1.54. The van der Waals surface area contributed by atoms with Crippen LogP contribution in [0.25, 0.3) is 0 Å². The maximum atomic E-state index is 9.38. The zero-order valence-corrected chi connectivity index (χ0v) is 14.1. The quantitative estimate of drug-likeness (QED) is 0.857. The van der Waals surface area contributed by atoms with E-state index in [1.165, 1.54) is 7.11 Å². The van der Waals surface area contributed by atoms with Crippen LogP contribution in [0.4, 0.5) is 5.69 Å². The topological polar surface area (TPSA) is 89.3 Å². The van der Waals surface area contributed by atoms with Crippen molar-refractivity contribution in [2.45, 2.75) is 25.2 Å². The molecule has 2 aromatic heterocycles. The number of aromatic nitrogens is 2. The van der Waals surface area contributed by atoms with Gasteiger partial charge in [0.2, 0.25) is 5.88 Å². The summed E-state index contributed by atoms with van der Waals surface area (Å²) in [4.78, 5) is 8.29. The maximum Gasteiger partial charge on any atom is 0.233 e. The van der Waals surface area contributed by atoms with Gasteiger partial charge >= 0.3 is 0 Å². The highest BCUT2D eigenvalue weighted by atomic mass is 32.1. The maximum absolute atomic E-state index is 9.38. The van der Waals surface area contributed by atoms with Gasteiger partial charge < -0.3 is 19.5 Å². The van der Waals surface area contributed by atoms with Gasteiger partial charge in [-0.05, 0) is 12.5 Å². The van der Waals surface area contributed by atoms with Crippen LogP contribution in [-0.2, 0) is 16.1 Å². The SMILES string of the molecule is COc1nccc(N[C@@H]2CCOC[C@H]2OCc2cscn2)c1C#N. The number of thiazole rings is 1. The summed E-state index contributed by atoms with van der Waals surface area (Å²) in [7, 11) is 1.50. The van der Waals surface area contributed by atoms with Crippen molar-refractivity contribution in [2.24, 2.45) is 0 Å². The van der Waals surface area contributed by atoms with Crippen molar-refractivity contribution in [3.05, 3.63) is 34.4 Å². The zero-order chi connectivity index (χ0) is 16.8. The van der Waals surface area contributed by atoms with E-state index in [1.54, 1.807) is 29.1 Å². The number of pyridine rings is 1. The van der Waals surface area contributed by atoms with Crippen molar-refractivity contribution in [3.63, 3.8) is 0 Å². The number of nitriles is 1. The second-order valence-electron chi connectivity index (χ2n) is 5.30. The first-order valence-corrected chi connectivity index (χ1v) is 8.52. The molecule has 2 atom stereocenters. The lowest BCUT2D eigenvalue weighted by Crippen LogP contribution is -2.43. The Balaban J connectivity index is 1.71. The molecule has 8 heteroatoms. The van der Waals surface area contributed by atoms with E-state index in [-0.39, 0.29) is 12.1 Å². The van der Waals surface area contributed by atoms with Crippen LogP contribution in [-0.4, -0.2) is 42.4 Å². The lowest BCUT2D eigenvalue weighted by Gasteiger charge is -2.32. The first kappa shape index (κ1) is 16.6. The molecule has 0 aliphatic carbocycles. The fourth-order valence-corrected chi connectivity index (χ4v) is 3.11. The number of nitrogens with zero attached hydrogens (tertiary/aromatic N) is 3. The van der Waals surface area contributed by atoms with Crippen molar-refractivity contribution >= 4 is 17.0 Å². The second-order valence-corrected chi connectivity index (χ2v) is 6.02. The van der Waals surface area contributed by atoms with Crippen LogP contribution >= 0.6 is 11.3 Å². The summed E-state index contributed by atoms with van der Waals surface area (Å²) in [6.07, 6.45) is 2.29. The molecule has 0 radical (unpaired) electrons. The number of ether oxygens (including phenoxy) is 3. The number of nitrogens with one attached hydrogen (secondary N) is 1. The van der Waals surface area contributed by atoms with Crippen LogP contribution in [0.1, 0.15) is 17.7 Å². The molecule has 0 spiro atoms. The van der Waals surface area contributed by atoms with E-state index < -0.39 is 0 Å². The molecule has 0 amide bonds. The van der Waals surface area contributed by atoms with Crippen LogP contribution in [0.15, 0.2) is 23.2 Å². The van der Waals surface area contributed by atoms with E-state index in [9.17, 15) is 5.26 Å². The molecule has 1 fully saturated rings. The third-order valence-electron chi connectivity index (χ3n) is 3.80. The Bertz CT molecular complexity index is 702. The van der Waals surface area contributed by atoms with Crippen LogP contribution < -0.4 is 10.1 Å². The molecule has 3 rings (SSSR count). The molecular formula is C16H18N4O3S. The van der Waals surface area contributed by atoms with E-state index >= 15 is 0 Å². The normalized spacial score (nSPS) is 20.3. The number of rotatable bonds is 6. The Morgan fingerprint density at radius 2 is 2.42 bits per heavy atom. The Morgan fingerprint density at radius 3 is 3.17 bits per heavy atom. The highest BCUT2D eigenvalue weighted by Crippen LogP contribution is 2.26. The van der Waals surface area contributed by atoms with E-state index in [4.69, 9.17) is 14.2 Å². The first-order chi connectivity index (χ1) is 11.8. The van der Waals surface area contributed by atoms with E-state index in [0.717, 1.165) is 12.1 Å². The van der Waals surface area contributed by atoms with Gasteiger partial charge in [0.1, 0.15) is 17.7 Å². The van der Waals surface area contributed by atoms with Crippen molar-refractivity contribution in [2.75, 3.05) is 25.6 Å². The standard InChI is InChI=1S/C16H18N4O3S/c1-21-16-12(6-17)13(2-4-18-16)20-14-3-5-22-8-15(14)23-7-11-9-24-10-19-11/h2,4,9-10,14-15H,3,5,7-8H2,1H3,(H,18,20)/t14-,15-/m1/s1. The molecule has 2 aromatic rings. The lowest BCUT2D eigenvalue weighted by atomic mass is 10.0. The molecule has 0 saturated carbocycles. The smallest absolute Gasteiger partial charge is 0.233 e. The predicted octanol–water partition coefficient (Wildman–Crippen LogP) is 2.20. The van der Waals surface area contributed by atoms with Gasteiger partial charge in [0.15, 0.2) is 0 Å². The Labute approximate surface area is 144 Å². The van der Waals surface area contributed by atoms with Gasteiger partial charge in [-0.3, -0.25) is 0 Å². The molecule has 1 aliphatic rings. The summed E-state index contributed by atoms with van der Waals surface area (Å²) < 4.78 is 16.7. The molecule has 1 saturated heterocycles. The van der Waals surface area contributed by atoms with Gasteiger partial charge in [-0.2, -0.15) is 5.26 Å². The van der Waals surface area contributed by atoms with Gasteiger partial charge in [0.05, 0.1) is 43.3 Å². The fourth-order valence-electron chi connectivity index (χ4n) is 2.57. The van der Waals surface area contributed by atoms with Crippen LogP contribution in [0, 0.1) is 11.3 Å². The van der Waals surface area contributed by atoms with Crippen LogP contribution in [0.5, 0.6) is 5.88 Å². The third kappa shape index (κ3) is 3.82. The average Bonchev–Trinajstić information content (AvgIpc) is 3.14. The first-order valence-electron chi connectivity index (χ1n) is 7.58. The molecule has 3 heterocycles. The van der Waals surface area contributed by atoms with Crippen LogP contribution in [0.3, 0.4) is 0 Å². The molecular weight excluding hydrogens is 328 g/mol. The molecule has 7 nitrogen and oxygen atoms in total. The minimum Gasteiger partial charge on any atom is -0.480 e. The van der Waals surface area contributed by atoms with E-state index in [1.807, 2.05) is 5.38 Å². The Morgan fingerprint density at radius 1 is 1.50 bits per heavy atom. The highest BCUT2D eigenvalue weighted by Gasteiger charge is 2.28. The Hall–Kier alpha value is -2.21. The molecule has 0 unspecified atom stereocenters. The summed E-state index contributed by atoms with van der Waals surface area (Å²) in [5.74, 6) is 0.314. The summed E-state index contributed by atoms with van der Waals surface area (Å²) in [6.45, 7) is 1.60. The van der Waals surface area contributed by atoms with Crippen molar-refractivity contribution in [1.82, 2.24) is 9.97 Å². The number of hydrogen-bond donors (Lipinski definition) is 1. The molecule has 24 heavy (non-hydrogen) atoms. The molecule has 1 N–H and O–H groups in total. The summed E-state index contributed by atoms with van der Waals surface area (Å²) in [6, 6.07) is 3.95. The van der Waals surface area contributed by atoms with Gasteiger partial charge in [-0.1, -0.05) is 0 Å². The highest BCUT2D eigenvalue weighted by molar-refractivity contribution is 7.07. The van der Waals surface area contributed by atoms with E-state index in [0.29, 0.717) is 37.0 Å². The monoisotopic (exact) mass is 346 g/mol. The van der Waals surface area contributed by atoms with Gasteiger partial charge in [0, 0.05) is 18.2 Å². The van der Waals surface area contributed by atoms with Crippen LogP contribution in [0.2, 0.25) is 0 Å². The average molecular weight is 346 g/mol. The zero-order valence-electron chi connectivity index (χ0n) is 13.3. The van der Waals surface area contributed by atoms with E-state index in [2.05, 4.69) is 21.4 Å². The van der Waals surface area contributed by atoms with Gasteiger partial charge in [-0.25, -0.2) is 9.97 Å². The third-order valence-corrected chi connectivity index (χ3v) is 4.43. The van der Waals surface area contributed by atoms with Crippen molar-refractivity contribution in [3.8, 4) is 11.9 Å². The Kier molecular flexibility index (Phi) is 5.59. The van der Waals surface area contributed by atoms with Crippen molar-refractivity contribution in [1.29, 1.82) is 5.26 Å². The molecule has 0 aromatic carbocycles. The number of hydrogen-bond acceptors (Lipinski definition) is 8.